The van der Waals surface area contributed by atoms with Crippen molar-refractivity contribution in [3.63, 3.8) is 0 Å². The molecule has 1 aromatic carbocycles. The van der Waals surface area contributed by atoms with E-state index in [0.717, 1.165) is 18.4 Å². The van der Waals surface area contributed by atoms with Gasteiger partial charge in [-0.1, -0.05) is 42.5 Å². The molecule has 1 aromatic rings. The molecule has 1 saturated carbocycles. The van der Waals surface area contributed by atoms with Gasteiger partial charge in [-0.25, -0.2) is 4.79 Å². The third-order valence-corrected chi connectivity index (χ3v) is 4.12. The van der Waals surface area contributed by atoms with Gasteiger partial charge in [-0.2, -0.15) is 0 Å². The highest BCUT2D eigenvalue weighted by Crippen LogP contribution is 2.43. The molecular weight excluding hydrogens is 280 g/mol. The Morgan fingerprint density at radius 2 is 1.77 bits per heavy atom. The van der Waals surface area contributed by atoms with Crippen LogP contribution in [-0.2, 0) is 9.59 Å². The molecule has 3 rings (SSSR count). The normalized spacial score (nSPS) is 25.5. The van der Waals surface area contributed by atoms with Gasteiger partial charge in [0.2, 0.25) is 0 Å². The summed E-state index contributed by atoms with van der Waals surface area (Å²) in [5.74, 6) is -0.640. The van der Waals surface area contributed by atoms with Crippen molar-refractivity contribution in [2.45, 2.75) is 19.8 Å². The monoisotopic (exact) mass is 300 g/mol. The van der Waals surface area contributed by atoms with Crippen LogP contribution in [0.4, 0.5) is 0 Å². The third kappa shape index (κ3) is 4.07. The summed E-state index contributed by atoms with van der Waals surface area (Å²) in [4.78, 5) is 21.0. The Bertz CT molecular complexity index is 601. The molecule has 2 aliphatic rings. The van der Waals surface area contributed by atoms with E-state index in [9.17, 15) is 9.59 Å². The van der Waals surface area contributed by atoms with Crippen molar-refractivity contribution in [2.75, 3.05) is 0 Å². The second kappa shape index (κ2) is 7.07. The van der Waals surface area contributed by atoms with Crippen molar-refractivity contribution >= 4 is 18.0 Å². The first-order valence-corrected chi connectivity index (χ1v) is 7.35. The highest BCUT2D eigenvalue weighted by molar-refractivity contribution is 5.91. The van der Waals surface area contributed by atoms with Crippen LogP contribution < -0.4 is 0 Å². The molecule has 0 heterocycles. The number of hydrogen-bond donors (Lipinski definition) is 2. The number of carboxylic acid groups (broad SMARTS) is 2. The molecule has 0 radical (unpaired) electrons. The van der Waals surface area contributed by atoms with Crippen molar-refractivity contribution in [3.05, 3.63) is 53.6 Å². The topological polar surface area (TPSA) is 74.6 Å². The van der Waals surface area contributed by atoms with Crippen molar-refractivity contribution in [1.29, 1.82) is 0 Å². The number of fused-ring (bicyclic) bond motifs is 2. The van der Waals surface area contributed by atoms with Crippen LogP contribution in [0.3, 0.4) is 0 Å². The van der Waals surface area contributed by atoms with Gasteiger partial charge in [0.25, 0.3) is 0 Å². The minimum atomic E-state index is -0.876. The second-order valence-electron chi connectivity index (χ2n) is 5.77. The van der Waals surface area contributed by atoms with Crippen molar-refractivity contribution in [3.8, 4) is 0 Å². The maximum Gasteiger partial charge on any atom is 0.331 e. The Hall–Kier alpha value is -2.36. The summed E-state index contributed by atoms with van der Waals surface area (Å²) in [6, 6.07) is 9.38. The van der Waals surface area contributed by atoms with Gasteiger partial charge in [-0.3, -0.25) is 4.79 Å². The molecule has 0 aromatic heterocycles. The predicted molar refractivity (Wildman–Crippen MR) is 84.2 cm³/mol. The van der Waals surface area contributed by atoms with Crippen LogP contribution in [-0.4, -0.2) is 22.2 Å². The molecule has 4 nitrogen and oxygen atoms in total. The standard InChI is InChI=1S/C10H10O2.C8H10O2/c1-8(10(11)12)7-9-5-3-2-4-6-9;9-8(10)7-4-5-1-2-6(7)3-5/h2-7H,1H3,(H,11,12);1-2,5-7H,3-4H2,(H,9,10). The first kappa shape index (κ1) is 16.0. The average Bonchev–Trinajstić information content (AvgIpc) is 3.11. The Kier molecular flexibility index (Phi) is 5.15. The third-order valence-electron chi connectivity index (χ3n) is 4.12. The van der Waals surface area contributed by atoms with E-state index < -0.39 is 11.9 Å². The first-order chi connectivity index (χ1) is 10.5. The molecule has 4 heteroatoms. The molecular formula is C18H20O4. The Morgan fingerprint density at radius 3 is 2.18 bits per heavy atom. The SMILES string of the molecule is CC(=Cc1ccccc1)C(=O)O.O=C(O)C1CC2C=CC1C2. The minimum Gasteiger partial charge on any atom is -0.481 e. The van der Waals surface area contributed by atoms with Crippen molar-refractivity contribution in [1.82, 2.24) is 0 Å². The molecule has 2 bridgehead atoms. The average molecular weight is 300 g/mol. The Labute approximate surface area is 129 Å². The number of rotatable bonds is 3. The van der Waals surface area contributed by atoms with E-state index >= 15 is 0 Å². The summed E-state index contributed by atoms with van der Waals surface area (Å²) in [5, 5.41) is 17.3. The van der Waals surface area contributed by atoms with Gasteiger partial charge < -0.3 is 10.2 Å². The molecule has 0 spiro atoms. The van der Waals surface area contributed by atoms with E-state index in [-0.39, 0.29) is 5.92 Å². The van der Waals surface area contributed by atoms with Crippen molar-refractivity contribution in [2.24, 2.45) is 17.8 Å². The molecule has 3 atom stereocenters. The number of carboxylic acids is 2. The summed E-state index contributed by atoms with van der Waals surface area (Å²) >= 11 is 0. The van der Waals surface area contributed by atoms with Gasteiger partial charge in [0, 0.05) is 5.57 Å². The minimum absolute atomic E-state index is 0.0741. The van der Waals surface area contributed by atoms with Crippen LogP contribution in [0.1, 0.15) is 25.3 Å². The fourth-order valence-corrected chi connectivity index (χ4v) is 2.93. The summed E-state index contributed by atoms with van der Waals surface area (Å²) in [6.45, 7) is 1.58. The first-order valence-electron chi connectivity index (χ1n) is 7.35. The number of hydrogen-bond acceptors (Lipinski definition) is 2. The van der Waals surface area contributed by atoms with Crippen LogP contribution in [0.2, 0.25) is 0 Å². The summed E-state index contributed by atoms with van der Waals surface area (Å²) in [5.41, 5.74) is 1.26. The molecule has 0 aliphatic heterocycles. The van der Waals surface area contributed by atoms with E-state index in [1.807, 2.05) is 30.3 Å². The quantitative estimate of drug-likeness (QED) is 0.662. The highest BCUT2D eigenvalue weighted by Gasteiger charge is 2.39. The number of carbonyl (C=O) groups is 2. The van der Waals surface area contributed by atoms with Gasteiger partial charge in [0.1, 0.15) is 0 Å². The van der Waals surface area contributed by atoms with Gasteiger partial charge in [-0.15, -0.1) is 0 Å². The van der Waals surface area contributed by atoms with Crippen molar-refractivity contribution < 1.29 is 19.8 Å². The predicted octanol–water partition coefficient (Wildman–Crippen LogP) is 3.46. The lowest BCUT2D eigenvalue weighted by Crippen LogP contribution is -2.17. The van der Waals surface area contributed by atoms with E-state index in [1.165, 1.54) is 0 Å². The van der Waals surface area contributed by atoms with E-state index in [1.54, 1.807) is 13.0 Å². The van der Waals surface area contributed by atoms with Crippen LogP contribution >= 0.6 is 0 Å². The van der Waals surface area contributed by atoms with Crippen LogP contribution in [0.15, 0.2) is 48.1 Å². The maximum atomic E-state index is 10.6. The zero-order valence-corrected chi connectivity index (χ0v) is 12.5. The molecule has 0 saturated heterocycles. The molecule has 0 amide bonds. The van der Waals surface area contributed by atoms with Gasteiger partial charge in [0.05, 0.1) is 5.92 Å². The summed E-state index contributed by atoms with van der Waals surface area (Å²) in [7, 11) is 0. The number of allylic oxidation sites excluding steroid dienone is 2. The van der Waals surface area contributed by atoms with Gasteiger partial charge >= 0.3 is 11.9 Å². The highest BCUT2D eigenvalue weighted by atomic mass is 16.4. The molecule has 2 N–H and O–H groups in total. The number of aliphatic carboxylic acids is 2. The van der Waals surface area contributed by atoms with Crippen LogP contribution in [0.25, 0.3) is 6.08 Å². The molecule has 116 valence electrons. The summed E-state index contributed by atoms with van der Waals surface area (Å²) in [6.07, 6.45) is 7.81. The second-order valence-corrected chi connectivity index (χ2v) is 5.77. The zero-order chi connectivity index (χ0) is 16.1. The molecule has 1 fully saturated rings. The molecule has 3 unspecified atom stereocenters. The van der Waals surface area contributed by atoms with Gasteiger partial charge in [-0.05, 0) is 43.2 Å². The van der Waals surface area contributed by atoms with Gasteiger partial charge in [0.15, 0.2) is 0 Å². The zero-order valence-electron chi connectivity index (χ0n) is 12.5. The fourth-order valence-electron chi connectivity index (χ4n) is 2.93. The largest absolute Gasteiger partial charge is 0.481 e. The lowest BCUT2D eigenvalue weighted by atomic mass is 9.94. The number of benzene rings is 1. The van der Waals surface area contributed by atoms with E-state index in [4.69, 9.17) is 10.2 Å². The Balaban J connectivity index is 0.000000162. The van der Waals surface area contributed by atoms with E-state index in [2.05, 4.69) is 12.2 Å². The van der Waals surface area contributed by atoms with Crippen LogP contribution in [0, 0.1) is 17.8 Å². The maximum absolute atomic E-state index is 10.6. The smallest absolute Gasteiger partial charge is 0.331 e. The van der Waals surface area contributed by atoms with E-state index in [0.29, 0.717) is 17.4 Å². The Morgan fingerprint density at radius 1 is 1.09 bits per heavy atom. The fraction of sp³-hybridized carbons (Fsp3) is 0.333. The molecule has 22 heavy (non-hydrogen) atoms. The summed E-state index contributed by atoms with van der Waals surface area (Å²) < 4.78 is 0. The lowest BCUT2D eigenvalue weighted by molar-refractivity contribution is -0.142. The van der Waals surface area contributed by atoms with Crippen LogP contribution in [0.5, 0.6) is 0 Å². The lowest BCUT2D eigenvalue weighted by Gasteiger charge is -2.11. The molecule has 2 aliphatic carbocycles.